The first-order valence-electron chi connectivity index (χ1n) is 5.49. The summed E-state index contributed by atoms with van der Waals surface area (Å²) in [6.45, 7) is 0.275. The van der Waals surface area contributed by atoms with Crippen molar-refractivity contribution in [1.29, 1.82) is 0 Å². The molecule has 0 fully saturated rings. The lowest BCUT2D eigenvalue weighted by atomic mass is 10.0. The van der Waals surface area contributed by atoms with Crippen LogP contribution in [0.25, 0.3) is 0 Å². The molecule has 7 heteroatoms. The van der Waals surface area contributed by atoms with Crippen LogP contribution in [0.2, 0.25) is 0 Å². The van der Waals surface area contributed by atoms with Crippen LogP contribution in [-0.2, 0) is 10.2 Å². The monoisotopic (exact) mass is 269 g/mol. The number of para-hydroxylation sites is 1. The number of anilines is 1. The highest BCUT2D eigenvalue weighted by molar-refractivity contribution is 7.90. The Kier molecular flexibility index (Phi) is 3.27. The van der Waals surface area contributed by atoms with Gasteiger partial charge >= 0.3 is 10.2 Å². The molecule has 98 valence electrons. The second-order valence-electron chi connectivity index (χ2n) is 4.18. The quantitative estimate of drug-likeness (QED) is 0.640. The van der Waals surface area contributed by atoms with Crippen molar-refractivity contribution in [3.8, 4) is 0 Å². The van der Waals surface area contributed by atoms with E-state index in [-0.39, 0.29) is 6.54 Å². The second-order valence-corrected chi connectivity index (χ2v) is 6.24. The van der Waals surface area contributed by atoms with Crippen LogP contribution in [0.15, 0.2) is 29.4 Å². The predicted molar refractivity (Wildman–Crippen MR) is 69.3 cm³/mol. The van der Waals surface area contributed by atoms with Gasteiger partial charge in [-0.2, -0.15) is 12.7 Å². The van der Waals surface area contributed by atoms with E-state index >= 15 is 0 Å². The number of nitrogens with zero attached hydrogens (tertiary/aromatic N) is 3. The number of hydrogen-bond acceptors (Lipinski definition) is 4. The van der Waals surface area contributed by atoms with E-state index in [4.69, 9.17) is 5.21 Å². The summed E-state index contributed by atoms with van der Waals surface area (Å²) in [4.78, 5) is 0. The lowest BCUT2D eigenvalue weighted by Crippen LogP contribution is -2.44. The molecule has 0 radical (unpaired) electrons. The molecule has 1 N–H and O–H groups in total. The van der Waals surface area contributed by atoms with E-state index in [0.29, 0.717) is 23.4 Å². The van der Waals surface area contributed by atoms with E-state index in [9.17, 15) is 8.42 Å². The fraction of sp³-hybridized carbons (Fsp3) is 0.364. The van der Waals surface area contributed by atoms with Crippen LogP contribution >= 0.6 is 0 Å². The summed E-state index contributed by atoms with van der Waals surface area (Å²) in [6, 6.07) is 7.01. The number of oxime groups is 1. The summed E-state index contributed by atoms with van der Waals surface area (Å²) in [7, 11) is -0.528. The van der Waals surface area contributed by atoms with E-state index in [1.807, 2.05) is 0 Å². The molecule has 0 aliphatic carbocycles. The lowest BCUT2D eigenvalue weighted by molar-refractivity contribution is 0.318. The molecule has 6 nitrogen and oxygen atoms in total. The van der Waals surface area contributed by atoms with Crippen molar-refractivity contribution in [3.05, 3.63) is 29.8 Å². The number of benzene rings is 1. The van der Waals surface area contributed by atoms with Crippen LogP contribution in [0.4, 0.5) is 5.69 Å². The molecule has 1 heterocycles. The van der Waals surface area contributed by atoms with Gasteiger partial charge in [-0.15, -0.1) is 0 Å². The van der Waals surface area contributed by atoms with E-state index in [2.05, 4.69) is 5.16 Å². The van der Waals surface area contributed by atoms with E-state index < -0.39 is 10.2 Å². The van der Waals surface area contributed by atoms with Gasteiger partial charge < -0.3 is 5.21 Å². The zero-order valence-corrected chi connectivity index (χ0v) is 11.1. The molecule has 1 aliphatic rings. The first-order valence-corrected chi connectivity index (χ1v) is 6.88. The first kappa shape index (κ1) is 12.8. The fourth-order valence-corrected chi connectivity index (χ4v) is 3.06. The van der Waals surface area contributed by atoms with Gasteiger partial charge in [0, 0.05) is 32.6 Å². The molecule has 0 atom stereocenters. The van der Waals surface area contributed by atoms with Crippen LogP contribution in [-0.4, -0.2) is 44.3 Å². The van der Waals surface area contributed by atoms with Gasteiger partial charge in [0.05, 0.1) is 11.4 Å². The van der Waals surface area contributed by atoms with Crippen LogP contribution in [0, 0.1) is 0 Å². The lowest BCUT2D eigenvalue weighted by Gasteiger charge is -2.32. The van der Waals surface area contributed by atoms with Crippen LogP contribution in [0.5, 0.6) is 0 Å². The highest BCUT2D eigenvalue weighted by Gasteiger charge is 2.31. The molecule has 0 aromatic heterocycles. The maximum absolute atomic E-state index is 12.2. The Morgan fingerprint density at radius 1 is 1.33 bits per heavy atom. The van der Waals surface area contributed by atoms with Crippen molar-refractivity contribution in [2.24, 2.45) is 5.16 Å². The summed E-state index contributed by atoms with van der Waals surface area (Å²) in [5.74, 6) is 0. The summed E-state index contributed by atoms with van der Waals surface area (Å²) in [6.07, 6.45) is 0.389. The van der Waals surface area contributed by atoms with Gasteiger partial charge in [0.15, 0.2) is 0 Å². The Balaban J connectivity index is 2.56. The standard InChI is InChI=1S/C11H15N3O3S/c1-13(2)18(16,17)14-8-7-10(12-15)9-5-3-4-6-11(9)14/h3-6,15H,7-8H2,1-2H3. The average molecular weight is 269 g/mol. The summed E-state index contributed by atoms with van der Waals surface area (Å²) < 4.78 is 26.9. The Hall–Kier alpha value is -1.60. The molecule has 0 unspecified atom stereocenters. The SMILES string of the molecule is CN(C)S(=O)(=O)N1CCC(=NO)c2ccccc21. The molecular formula is C11H15N3O3S. The maximum Gasteiger partial charge on any atom is 0.303 e. The highest BCUT2D eigenvalue weighted by Crippen LogP contribution is 2.29. The van der Waals surface area contributed by atoms with Crippen LogP contribution in [0.3, 0.4) is 0 Å². The Morgan fingerprint density at radius 3 is 2.61 bits per heavy atom. The van der Waals surface area contributed by atoms with Gasteiger partial charge in [-0.1, -0.05) is 23.4 Å². The van der Waals surface area contributed by atoms with Gasteiger partial charge in [-0.25, -0.2) is 0 Å². The maximum atomic E-state index is 12.2. The summed E-state index contributed by atoms with van der Waals surface area (Å²) in [5.41, 5.74) is 1.71. The fourth-order valence-electron chi connectivity index (χ4n) is 1.94. The van der Waals surface area contributed by atoms with E-state index in [1.54, 1.807) is 24.3 Å². The third-order valence-electron chi connectivity index (χ3n) is 2.90. The van der Waals surface area contributed by atoms with Crippen molar-refractivity contribution >= 4 is 21.6 Å². The molecule has 1 aromatic rings. The highest BCUT2D eigenvalue weighted by atomic mass is 32.2. The second kappa shape index (κ2) is 4.58. The van der Waals surface area contributed by atoms with Gasteiger partial charge in [-0.3, -0.25) is 4.31 Å². The van der Waals surface area contributed by atoms with E-state index in [1.165, 1.54) is 22.7 Å². The van der Waals surface area contributed by atoms with Crippen molar-refractivity contribution in [1.82, 2.24) is 4.31 Å². The third-order valence-corrected chi connectivity index (χ3v) is 4.76. The molecule has 0 bridgehead atoms. The molecular weight excluding hydrogens is 254 g/mol. The van der Waals surface area contributed by atoms with Gasteiger partial charge in [-0.05, 0) is 6.07 Å². The van der Waals surface area contributed by atoms with Gasteiger partial charge in [0.2, 0.25) is 0 Å². The molecule has 0 amide bonds. The minimum atomic E-state index is -3.51. The zero-order chi connectivity index (χ0) is 13.3. The Morgan fingerprint density at radius 2 is 2.00 bits per heavy atom. The predicted octanol–water partition coefficient (Wildman–Crippen LogP) is 0.881. The van der Waals surface area contributed by atoms with Crippen molar-refractivity contribution in [2.45, 2.75) is 6.42 Å². The van der Waals surface area contributed by atoms with Gasteiger partial charge in [0.25, 0.3) is 0 Å². The zero-order valence-electron chi connectivity index (χ0n) is 10.2. The summed E-state index contributed by atoms with van der Waals surface area (Å²) in [5, 5.41) is 12.2. The van der Waals surface area contributed by atoms with Crippen LogP contribution in [0.1, 0.15) is 12.0 Å². The molecule has 0 saturated heterocycles. The minimum Gasteiger partial charge on any atom is -0.411 e. The van der Waals surface area contributed by atoms with Gasteiger partial charge in [0.1, 0.15) is 0 Å². The van der Waals surface area contributed by atoms with Crippen LogP contribution < -0.4 is 4.31 Å². The summed E-state index contributed by atoms with van der Waals surface area (Å²) >= 11 is 0. The Bertz CT molecular complexity index is 581. The van der Waals surface area contributed by atoms with Crippen molar-refractivity contribution < 1.29 is 13.6 Å². The number of fused-ring (bicyclic) bond motifs is 1. The topological polar surface area (TPSA) is 73.2 Å². The molecule has 18 heavy (non-hydrogen) atoms. The van der Waals surface area contributed by atoms with Crippen molar-refractivity contribution in [3.63, 3.8) is 0 Å². The first-order chi connectivity index (χ1) is 8.48. The molecule has 1 aliphatic heterocycles. The largest absolute Gasteiger partial charge is 0.411 e. The van der Waals surface area contributed by atoms with Crippen molar-refractivity contribution in [2.75, 3.05) is 24.9 Å². The number of hydrogen-bond donors (Lipinski definition) is 1. The molecule has 0 saturated carbocycles. The average Bonchev–Trinajstić information content (AvgIpc) is 2.37. The minimum absolute atomic E-state index is 0.275. The third kappa shape index (κ3) is 1.95. The Labute approximate surface area is 106 Å². The van der Waals surface area contributed by atoms with E-state index in [0.717, 1.165) is 0 Å². The normalized spacial score (nSPS) is 18.2. The number of rotatable bonds is 2. The molecule has 2 rings (SSSR count). The smallest absolute Gasteiger partial charge is 0.303 e. The molecule has 1 aromatic carbocycles. The molecule has 0 spiro atoms.